The maximum absolute atomic E-state index is 12.1. The number of nitrogens with one attached hydrogen (secondary N) is 1. The van der Waals surface area contributed by atoms with Crippen LogP contribution in [0.4, 0.5) is 22.0 Å². The number of aryl methyl sites for hydroxylation is 1. The van der Waals surface area contributed by atoms with Crippen molar-refractivity contribution in [1.29, 1.82) is 0 Å². The van der Waals surface area contributed by atoms with Gasteiger partial charge in [0.2, 0.25) is 0 Å². The van der Waals surface area contributed by atoms with Crippen LogP contribution in [0.2, 0.25) is 0 Å². The Morgan fingerprint density at radius 3 is 2.15 bits per heavy atom. The molecule has 0 bridgehead atoms. The van der Waals surface area contributed by atoms with Gasteiger partial charge in [0.25, 0.3) is 6.43 Å². The highest BCUT2D eigenvalue weighted by Gasteiger charge is 2.38. The lowest BCUT2D eigenvalue weighted by Gasteiger charge is -2.08. The SMILES string of the molecule is Cc1c[nH]c(C(F)F)c1C(F)(F)F. The van der Waals surface area contributed by atoms with Crippen molar-refractivity contribution in [3.63, 3.8) is 0 Å². The van der Waals surface area contributed by atoms with E-state index in [1.165, 1.54) is 0 Å². The van der Waals surface area contributed by atoms with Crippen LogP contribution in [0.25, 0.3) is 0 Å². The fraction of sp³-hybridized carbons (Fsp3) is 0.429. The van der Waals surface area contributed by atoms with E-state index in [2.05, 4.69) is 0 Å². The van der Waals surface area contributed by atoms with Crippen LogP contribution in [0.5, 0.6) is 0 Å². The van der Waals surface area contributed by atoms with Gasteiger partial charge >= 0.3 is 6.18 Å². The first-order chi connectivity index (χ1) is 5.84. The Kier molecular flexibility index (Phi) is 2.32. The standard InChI is InChI=1S/C7H6F5N/c1-3-2-13-5(6(8)9)4(3)7(10,11)12/h2,6,13H,1H3. The Labute approximate surface area is 70.6 Å². The van der Waals surface area contributed by atoms with Crippen molar-refractivity contribution in [2.45, 2.75) is 19.5 Å². The van der Waals surface area contributed by atoms with E-state index in [-0.39, 0.29) is 5.56 Å². The molecule has 1 heterocycles. The van der Waals surface area contributed by atoms with E-state index in [1.807, 2.05) is 4.98 Å². The number of hydrogen-bond donors (Lipinski definition) is 1. The van der Waals surface area contributed by atoms with Gasteiger partial charge in [-0.05, 0) is 12.5 Å². The minimum absolute atomic E-state index is 0.220. The van der Waals surface area contributed by atoms with E-state index < -0.39 is 23.9 Å². The van der Waals surface area contributed by atoms with Gasteiger partial charge in [-0.3, -0.25) is 0 Å². The van der Waals surface area contributed by atoms with Gasteiger partial charge in [-0.2, -0.15) is 13.2 Å². The minimum Gasteiger partial charge on any atom is -0.360 e. The van der Waals surface area contributed by atoms with Gasteiger partial charge in [0.15, 0.2) is 0 Å². The van der Waals surface area contributed by atoms with Gasteiger partial charge in [-0.1, -0.05) is 0 Å². The molecule has 74 valence electrons. The zero-order chi connectivity index (χ0) is 10.2. The lowest BCUT2D eigenvalue weighted by atomic mass is 10.1. The summed E-state index contributed by atoms with van der Waals surface area (Å²) in [5.74, 6) is 0. The Hall–Kier alpha value is -1.07. The largest absolute Gasteiger partial charge is 0.418 e. The van der Waals surface area contributed by atoms with Gasteiger partial charge in [-0.15, -0.1) is 0 Å². The van der Waals surface area contributed by atoms with Crippen LogP contribution < -0.4 is 0 Å². The van der Waals surface area contributed by atoms with E-state index in [4.69, 9.17) is 0 Å². The van der Waals surface area contributed by atoms with Crippen molar-refractivity contribution in [2.75, 3.05) is 0 Å². The van der Waals surface area contributed by atoms with Crippen molar-refractivity contribution in [3.05, 3.63) is 23.0 Å². The summed E-state index contributed by atoms with van der Waals surface area (Å²) in [6.45, 7) is 1.13. The average Bonchev–Trinajstić information content (AvgIpc) is 2.28. The van der Waals surface area contributed by atoms with Gasteiger partial charge in [0, 0.05) is 6.20 Å². The summed E-state index contributed by atoms with van der Waals surface area (Å²) in [6.07, 6.45) is -6.94. The molecule has 0 radical (unpaired) electrons. The monoisotopic (exact) mass is 199 g/mol. The molecule has 0 atom stereocenters. The van der Waals surface area contributed by atoms with Crippen LogP contribution in [0.15, 0.2) is 6.20 Å². The molecule has 0 amide bonds. The molecule has 0 saturated carbocycles. The summed E-state index contributed by atoms with van der Waals surface area (Å²) >= 11 is 0. The molecular formula is C7H6F5N. The molecular weight excluding hydrogens is 193 g/mol. The van der Waals surface area contributed by atoms with Crippen LogP contribution in [-0.2, 0) is 6.18 Å². The molecule has 0 aliphatic carbocycles. The Morgan fingerprint density at radius 1 is 1.31 bits per heavy atom. The van der Waals surface area contributed by atoms with E-state index in [1.54, 1.807) is 0 Å². The predicted octanol–water partition coefficient (Wildman–Crippen LogP) is 3.28. The maximum Gasteiger partial charge on any atom is 0.418 e. The number of halogens is 5. The number of rotatable bonds is 1. The fourth-order valence-electron chi connectivity index (χ4n) is 1.09. The molecule has 0 unspecified atom stereocenters. The zero-order valence-electron chi connectivity index (χ0n) is 6.54. The van der Waals surface area contributed by atoms with Crippen LogP contribution in [-0.4, -0.2) is 4.98 Å². The summed E-state index contributed by atoms with van der Waals surface area (Å²) in [5, 5.41) is 0. The van der Waals surface area contributed by atoms with Crippen LogP contribution in [0, 0.1) is 6.92 Å². The lowest BCUT2D eigenvalue weighted by Crippen LogP contribution is -2.09. The molecule has 13 heavy (non-hydrogen) atoms. The average molecular weight is 199 g/mol. The first-order valence-electron chi connectivity index (χ1n) is 3.37. The Morgan fingerprint density at radius 2 is 1.85 bits per heavy atom. The normalized spacial score (nSPS) is 12.5. The van der Waals surface area contributed by atoms with E-state index in [0.29, 0.717) is 0 Å². The van der Waals surface area contributed by atoms with Gasteiger partial charge in [0.1, 0.15) is 0 Å². The van der Waals surface area contributed by atoms with E-state index in [9.17, 15) is 22.0 Å². The summed E-state index contributed by atoms with van der Waals surface area (Å²) in [5.41, 5.74) is -2.55. The molecule has 0 fully saturated rings. The van der Waals surface area contributed by atoms with Crippen molar-refractivity contribution in [2.24, 2.45) is 0 Å². The van der Waals surface area contributed by atoms with Crippen LogP contribution >= 0.6 is 0 Å². The minimum atomic E-state index is -4.73. The summed E-state index contributed by atoms with van der Waals surface area (Å²) in [7, 11) is 0. The summed E-state index contributed by atoms with van der Waals surface area (Å²) in [6, 6.07) is 0. The number of aromatic amines is 1. The molecule has 1 aromatic rings. The highest BCUT2D eigenvalue weighted by Crippen LogP contribution is 2.37. The summed E-state index contributed by atoms with van der Waals surface area (Å²) < 4.78 is 60.5. The quantitative estimate of drug-likeness (QED) is 0.668. The molecule has 0 saturated heterocycles. The highest BCUT2D eigenvalue weighted by atomic mass is 19.4. The molecule has 0 aromatic carbocycles. The second kappa shape index (κ2) is 3.01. The molecule has 1 rings (SSSR count). The van der Waals surface area contributed by atoms with Gasteiger partial charge < -0.3 is 4.98 Å². The third-order valence-corrected chi connectivity index (χ3v) is 1.61. The van der Waals surface area contributed by atoms with Crippen LogP contribution in [0.1, 0.15) is 23.2 Å². The van der Waals surface area contributed by atoms with Crippen molar-refractivity contribution < 1.29 is 22.0 Å². The Bertz CT molecular complexity index is 298. The topological polar surface area (TPSA) is 15.8 Å². The third-order valence-electron chi connectivity index (χ3n) is 1.61. The number of alkyl halides is 5. The van der Waals surface area contributed by atoms with Gasteiger partial charge in [0.05, 0.1) is 11.3 Å². The maximum atomic E-state index is 12.1. The van der Waals surface area contributed by atoms with E-state index in [0.717, 1.165) is 13.1 Å². The van der Waals surface area contributed by atoms with Crippen molar-refractivity contribution >= 4 is 0 Å². The lowest BCUT2D eigenvalue weighted by molar-refractivity contribution is -0.139. The number of aromatic nitrogens is 1. The van der Waals surface area contributed by atoms with Gasteiger partial charge in [-0.25, -0.2) is 8.78 Å². The Balaban J connectivity index is 3.25. The predicted molar refractivity (Wildman–Crippen MR) is 35.5 cm³/mol. The second-order valence-corrected chi connectivity index (χ2v) is 2.56. The molecule has 6 heteroatoms. The first kappa shape index (κ1) is 10.0. The highest BCUT2D eigenvalue weighted by molar-refractivity contribution is 5.33. The zero-order valence-corrected chi connectivity index (χ0v) is 6.54. The van der Waals surface area contributed by atoms with Crippen molar-refractivity contribution in [3.8, 4) is 0 Å². The molecule has 1 nitrogen and oxygen atoms in total. The van der Waals surface area contributed by atoms with E-state index >= 15 is 0 Å². The molecule has 0 aliphatic heterocycles. The summed E-state index contributed by atoms with van der Waals surface area (Å²) in [4.78, 5) is 1.91. The molecule has 1 aromatic heterocycles. The fourth-order valence-corrected chi connectivity index (χ4v) is 1.09. The molecule has 1 N–H and O–H groups in total. The smallest absolute Gasteiger partial charge is 0.360 e. The number of hydrogen-bond acceptors (Lipinski definition) is 0. The van der Waals surface area contributed by atoms with Crippen LogP contribution in [0.3, 0.4) is 0 Å². The first-order valence-corrected chi connectivity index (χ1v) is 3.37. The molecule has 0 aliphatic rings. The molecule has 0 spiro atoms. The third kappa shape index (κ3) is 1.81. The number of H-pyrrole nitrogens is 1. The van der Waals surface area contributed by atoms with Crippen molar-refractivity contribution in [1.82, 2.24) is 4.98 Å². The second-order valence-electron chi connectivity index (χ2n) is 2.56.